The molecule has 1 fully saturated rings. The van der Waals surface area contributed by atoms with Gasteiger partial charge in [0.15, 0.2) is 17.0 Å². The van der Waals surface area contributed by atoms with Crippen molar-refractivity contribution in [2.24, 2.45) is 5.10 Å². The zero-order chi connectivity index (χ0) is 21.9. The number of aryl methyl sites for hydroxylation is 2. The fourth-order valence-corrected chi connectivity index (χ4v) is 3.84. The molecule has 8 heteroatoms. The minimum absolute atomic E-state index is 0.582. The minimum atomic E-state index is 0.582. The highest BCUT2D eigenvalue weighted by atomic mass is 16.5. The second kappa shape index (κ2) is 8.76. The Labute approximate surface area is 186 Å². The van der Waals surface area contributed by atoms with Crippen molar-refractivity contribution in [1.82, 2.24) is 19.5 Å². The molecule has 2 aromatic carbocycles. The van der Waals surface area contributed by atoms with Crippen LogP contribution in [0.3, 0.4) is 0 Å². The lowest BCUT2D eigenvalue weighted by Crippen LogP contribution is -2.37. The Kier molecular flexibility index (Phi) is 5.51. The average Bonchev–Trinajstić information content (AvgIpc) is 3.16. The van der Waals surface area contributed by atoms with Crippen LogP contribution in [0.25, 0.3) is 16.9 Å². The summed E-state index contributed by atoms with van der Waals surface area (Å²) < 4.78 is 7.56. The molecule has 3 heterocycles. The van der Waals surface area contributed by atoms with Gasteiger partial charge in [-0.2, -0.15) is 15.1 Å². The molecule has 1 aliphatic rings. The lowest BCUT2D eigenvalue weighted by molar-refractivity contribution is 0.122. The zero-order valence-corrected chi connectivity index (χ0v) is 18.2. The number of fused-ring (bicyclic) bond motifs is 1. The van der Waals surface area contributed by atoms with E-state index in [-0.39, 0.29) is 0 Å². The topological polar surface area (TPSA) is 80.5 Å². The second-order valence-electron chi connectivity index (χ2n) is 7.76. The zero-order valence-electron chi connectivity index (χ0n) is 18.2. The van der Waals surface area contributed by atoms with Crippen molar-refractivity contribution in [3.63, 3.8) is 0 Å². The Morgan fingerprint density at radius 3 is 2.56 bits per heavy atom. The Morgan fingerprint density at radius 1 is 0.969 bits per heavy atom. The van der Waals surface area contributed by atoms with E-state index in [4.69, 9.17) is 19.7 Å². The number of morpholine rings is 1. The van der Waals surface area contributed by atoms with Crippen LogP contribution in [0.15, 0.2) is 59.7 Å². The summed E-state index contributed by atoms with van der Waals surface area (Å²) in [6.45, 7) is 6.85. The number of benzene rings is 2. The van der Waals surface area contributed by atoms with Gasteiger partial charge in [-0.25, -0.2) is 4.98 Å². The van der Waals surface area contributed by atoms with E-state index in [1.54, 1.807) is 6.21 Å². The van der Waals surface area contributed by atoms with Gasteiger partial charge in [0, 0.05) is 18.8 Å². The fraction of sp³-hybridized carbons (Fsp3) is 0.250. The van der Waals surface area contributed by atoms with Gasteiger partial charge in [0.25, 0.3) is 0 Å². The van der Waals surface area contributed by atoms with Crippen LogP contribution in [0.1, 0.15) is 17.0 Å². The number of para-hydroxylation sites is 1. The van der Waals surface area contributed by atoms with Gasteiger partial charge in [-0.1, -0.05) is 48.0 Å². The van der Waals surface area contributed by atoms with Gasteiger partial charge < -0.3 is 9.64 Å². The molecule has 2 aromatic heterocycles. The van der Waals surface area contributed by atoms with Crippen molar-refractivity contribution in [1.29, 1.82) is 0 Å². The van der Waals surface area contributed by atoms with Crippen LogP contribution in [-0.4, -0.2) is 52.0 Å². The second-order valence-corrected chi connectivity index (χ2v) is 7.76. The summed E-state index contributed by atoms with van der Waals surface area (Å²) >= 11 is 0. The monoisotopic (exact) mass is 427 g/mol. The van der Waals surface area contributed by atoms with Crippen molar-refractivity contribution in [2.75, 3.05) is 36.6 Å². The van der Waals surface area contributed by atoms with E-state index in [2.05, 4.69) is 39.1 Å². The van der Waals surface area contributed by atoms with Crippen LogP contribution < -0.4 is 10.3 Å². The molecule has 0 spiro atoms. The molecule has 1 aliphatic heterocycles. The Balaban J connectivity index is 1.58. The molecule has 0 aliphatic carbocycles. The predicted molar refractivity (Wildman–Crippen MR) is 127 cm³/mol. The standard InChI is InChI=1S/C24H25N7O/c1-17-7-6-8-19(15-17)16-25-29-22-21-23(28-24(27-22)30-11-13-32-14-12-30)31(18(2)26-21)20-9-4-3-5-10-20/h3-10,15-16H,11-14H2,1-2H3,(H,27,28,29)/b25-16+. The first-order chi connectivity index (χ1) is 15.7. The van der Waals surface area contributed by atoms with Crippen LogP contribution in [0.2, 0.25) is 0 Å². The number of aromatic nitrogens is 4. The molecule has 0 amide bonds. The van der Waals surface area contributed by atoms with E-state index in [1.807, 2.05) is 49.4 Å². The first kappa shape index (κ1) is 20.1. The Hall–Kier alpha value is -3.78. The highest BCUT2D eigenvalue weighted by Crippen LogP contribution is 2.27. The summed E-state index contributed by atoms with van der Waals surface area (Å²) in [7, 11) is 0. The van der Waals surface area contributed by atoms with Crippen LogP contribution >= 0.6 is 0 Å². The van der Waals surface area contributed by atoms with E-state index >= 15 is 0 Å². The maximum absolute atomic E-state index is 5.51. The van der Waals surface area contributed by atoms with Gasteiger partial charge in [0.05, 0.1) is 19.4 Å². The molecule has 162 valence electrons. The molecular weight excluding hydrogens is 402 g/mol. The molecule has 0 radical (unpaired) electrons. The lowest BCUT2D eigenvalue weighted by Gasteiger charge is -2.27. The Morgan fingerprint density at radius 2 is 1.78 bits per heavy atom. The normalized spacial score (nSPS) is 14.4. The number of nitrogens with one attached hydrogen (secondary N) is 1. The van der Waals surface area contributed by atoms with Gasteiger partial charge in [-0.3, -0.25) is 9.99 Å². The fourth-order valence-electron chi connectivity index (χ4n) is 3.84. The summed E-state index contributed by atoms with van der Waals surface area (Å²) in [5, 5.41) is 4.44. The quantitative estimate of drug-likeness (QED) is 0.386. The number of rotatable bonds is 5. The first-order valence-corrected chi connectivity index (χ1v) is 10.7. The van der Waals surface area contributed by atoms with E-state index in [1.165, 1.54) is 5.56 Å². The van der Waals surface area contributed by atoms with Crippen molar-refractivity contribution in [3.8, 4) is 5.69 Å². The van der Waals surface area contributed by atoms with Crippen molar-refractivity contribution in [2.45, 2.75) is 13.8 Å². The van der Waals surface area contributed by atoms with Gasteiger partial charge >= 0.3 is 0 Å². The summed E-state index contributed by atoms with van der Waals surface area (Å²) in [4.78, 5) is 16.6. The molecule has 32 heavy (non-hydrogen) atoms. The van der Waals surface area contributed by atoms with E-state index in [0.29, 0.717) is 30.5 Å². The summed E-state index contributed by atoms with van der Waals surface area (Å²) in [6.07, 6.45) is 1.79. The third-order valence-electron chi connectivity index (χ3n) is 5.40. The van der Waals surface area contributed by atoms with Crippen LogP contribution in [0.4, 0.5) is 11.8 Å². The third-order valence-corrected chi connectivity index (χ3v) is 5.40. The van der Waals surface area contributed by atoms with Crippen LogP contribution in [0.5, 0.6) is 0 Å². The molecule has 0 atom stereocenters. The molecule has 0 bridgehead atoms. The summed E-state index contributed by atoms with van der Waals surface area (Å²) in [6, 6.07) is 18.3. The molecule has 8 nitrogen and oxygen atoms in total. The maximum atomic E-state index is 5.51. The highest BCUT2D eigenvalue weighted by Gasteiger charge is 2.21. The molecular formula is C24H25N7O. The number of hydrogen-bond acceptors (Lipinski definition) is 7. The minimum Gasteiger partial charge on any atom is -0.378 e. The lowest BCUT2D eigenvalue weighted by atomic mass is 10.2. The largest absolute Gasteiger partial charge is 0.378 e. The van der Waals surface area contributed by atoms with E-state index in [9.17, 15) is 0 Å². The number of hydrazone groups is 1. The smallest absolute Gasteiger partial charge is 0.229 e. The number of imidazole rings is 1. The number of nitrogens with zero attached hydrogens (tertiary/aromatic N) is 6. The molecule has 0 saturated carbocycles. The summed E-state index contributed by atoms with van der Waals surface area (Å²) in [5.41, 5.74) is 7.75. The van der Waals surface area contributed by atoms with Crippen molar-refractivity contribution < 1.29 is 4.74 Å². The first-order valence-electron chi connectivity index (χ1n) is 10.7. The predicted octanol–water partition coefficient (Wildman–Crippen LogP) is 3.71. The van der Waals surface area contributed by atoms with Crippen LogP contribution in [-0.2, 0) is 4.74 Å². The molecule has 0 unspecified atom stereocenters. The van der Waals surface area contributed by atoms with Gasteiger partial charge in [-0.05, 0) is 31.5 Å². The van der Waals surface area contributed by atoms with Crippen LogP contribution in [0, 0.1) is 13.8 Å². The van der Waals surface area contributed by atoms with E-state index < -0.39 is 0 Å². The third kappa shape index (κ3) is 4.04. The Bertz CT molecular complexity index is 1260. The van der Waals surface area contributed by atoms with Gasteiger partial charge in [0.2, 0.25) is 5.95 Å². The van der Waals surface area contributed by atoms with Gasteiger partial charge in [-0.15, -0.1) is 0 Å². The number of ether oxygens (including phenoxy) is 1. The SMILES string of the molecule is Cc1cccc(/C=N/Nc2nc(N3CCOCC3)nc3c2nc(C)n3-c2ccccc2)c1. The maximum Gasteiger partial charge on any atom is 0.229 e. The number of anilines is 2. The highest BCUT2D eigenvalue weighted by molar-refractivity contribution is 5.87. The molecule has 4 aromatic rings. The average molecular weight is 428 g/mol. The van der Waals surface area contributed by atoms with Crippen molar-refractivity contribution in [3.05, 3.63) is 71.5 Å². The van der Waals surface area contributed by atoms with Crippen molar-refractivity contribution >= 4 is 29.1 Å². The summed E-state index contributed by atoms with van der Waals surface area (Å²) in [5.74, 6) is 2.06. The molecule has 5 rings (SSSR count). The molecule has 1 N–H and O–H groups in total. The molecule has 1 saturated heterocycles. The van der Waals surface area contributed by atoms with Gasteiger partial charge in [0.1, 0.15) is 5.82 Å². The number of hydrogen-bond donors (Lipinski definition) is 1. The van der Waals surface area contributed by atoms with E-state index in [0.717, 1.165) is 35.8 Å².